The fourth-order valence-electron chi connectivity index (χ4n) is 2.96. The number of ether oxygens (including phenoxy) is 2. The number of nitrogens with one attached hydrogen (secondary N) is 1. The van der Waals surface area contributed by atoms with Crippen LogP contribution in [0.25, 0.3) is 0 Å². The molecule has 1 atom stereocenters. The molecule has 2 heterocycles. The van der Waals surface area contributed by atoms with Gasteiger partial charge in [0.2, 0.25) is 0 Å². The first-order valence-electron chi connectivity index (χ1n) is 8.22. The molecule has 2 saturated heterocycles. The Bertz CT molecular complexity index is 344. The van der Waals surface area contributed by atoms with Crippen LogP contribution in [0.5, 0.6) is 0 Å². The minimum atomic E-state index is 0. The van der Waals surface area contributed by atoms with E-state index in [1.807, 2.05) is 7.05 Å². The Balaban J connectivity index is 0.00000242. The van der Waals surface area contributed by atoms with Gasteiger partial charge in [0.15, 0.2) is 5.96 Å². The second-order valence-corrected chi connectivity index (χ2v) is 6.97. The highest BCUT2D eigenvalue weighted by Gasteiger charge is 2.30. The summed E-state index contributed by atoms with van der Waals surface area (Å²) < 4.78 is 11.1. The van der Waals surface area contributed by atoms with Gasteiger partial charge in [-0.15, -0.1) is 24.0 Å². The molecule has 0 spiro atoms. The van der Waals surface area contributed by atoms with Gasteiger partial charge in [-0.2, -0.15) is 0 Å². The number of nitrogens with zero attached hydrogens (tertiary/aromatic N) is 2. The Morgan fingerprint density at radius 3 is 2.86 bits per heavy atom. The van der Waals surface area contributed by atoms with Crippen molar-refractivity contribution in [2.75, 3.05) is 53.1 Å². The fraction of sp³-hybridized carbons (Fsp3) is 0.938. The van der Waals surface area contributed by atoms with Gasteiger partial charge >= 0.3 is 0 Å². The molecule has 2 aliphatic rings. The molecule has 130 valence electrons. The van der Waals surface area contributed by atoms with E-state index in [-0.39, 0.29) is 24.0 Å². The molecule has 0 aromatic rings. The lowest BCUT2D eigenvalue weighted by Crippen LogP contribution is -2.41. The fourth-order valence-corrected chi connectivity index (χ4v) is 2.96. The largest absolute Gasteiger partial charge is 0.381 e. The highest BCUT2D eigenvalue weighted by atomic mass is 127. The zero-order chi connectivity index (χ0) is 15.1. The maximum absolute atomic E-state index is 5.72. The van der Waals surface area contributed by atoms with E-state index in [9.17, 15) is 0 Å². The van der Waals surface area contributed by atoms with Crippen LogP contribution in [0.2, 0.25) is 0 Å². The maximum atomic E-state index is 5.72. The standard InChI is InChI=1S/C16H31N3O2.HI/c1-16(2)6-8-19(13-16)15(17-3)18-7-4-9-20-11-14-5-10-21-12-14;/h14H,4-13H2,1-3H3,(H,17,18);1H. The topological polar surface area (TPSA) is 46.1 Å². The normalized spacial score (nSPS) is 24.4. The third-order valence-corrected chi connectivity index (χ3v) is 4.31. The van der Waals surface area contributed by atoms with Gasteiger partial charge in [0.05, 0.1) is 13.2 Å². The molecule has 22 heavy (non-hydrogen) atoms. The van der Waals surface area contributed by atoms with E-state index in [0.717, 1.165) is 64.9 Å². The summed E-state index contributed by atoms with van der Waals surface area (Å²) in [6.07, 6.45) is 3.40. The van der Waals surface area contributed by atoms with Crippen molar-refractivity contribution < 1.29 is 9.47 Å². The van der Waals surface area contributed by atoms with Crippen molar-refractivity contribution in [1.82, 2.24) is 10.2 Å². The minimum Gasteiger partial charge on any atom is -0.381 e. The van der Waals surface area contributed by atoms with Crippen molar-refractivity contribution in [3.63, 3.8) is 0 Å². The molecule has 0 radical (unpaired) electrons. The zero-order valence-corrected chi connectivity index (χ0v) is 16.6. The Hall–Kier alpha value is -0.0800. The summed E-state index contributed by atoms with van der Waals surface area (Å²) in [5, 5.41) is 3.45. The van der Waals surface area contributed by atoms with Gasteiger partial charge in [-0.05, 0) is 24.7 Å². The van der Waals surface area contributed by atoms with E-state index in [1.165, 1.54) is 6.42 Å². The molecule has 2 aliphatic heterocycles. The van der Waals surface area contributed by atoms with Gasteiger partial charge in [-0.25, -0.2) is 0 Å². The summed E-state index contributed by atoms with van der Waals surface area (Å²) in [5.74, 6) is 1.64. The molecule has 0 aromatic heterocycles. The van der Waals surface area contributed by atoms with Crippen LogP contribution in [0.4, 0.5) is 0 Å². The average molecular weight is 425 g/mol. The number of hydrogen-bond acceptors (Lipinski definition) is 3. The highest BCUT2D eigenvalue weighted by molar-refractivity contribution is 14.0. The number of halogens is 1. The van der Waals surface area contributed by atoms with Crippen LogP contribution < -0.4 is 5.32 Å². The molecular formula is C16H32IN3O2. The van der Waals surface area contributed by atoms with E-state index in [4.69, 9.17) is 9.47 Å². The Morgan fingerprint density at radius 2 is 2.27 bits per heavy atom. The van der Waals surface area contributed by atoms with Crippen molar-refractivity contribution in [2.24, 2.45) is 16.3 Å². The van der Waals surface area contributed by atoms with Crippen LogP contribution in [0.15, 0.2) is 4.99 Å². The van der Waals surface area contributed by atoms with E-state index < -0.39 is 0 Å². The summed E-state index contributed by atoms with van der Waals surface area (Å²) in [4.78, 5) is 6.75. The van der Waals surface area contributed by atoms with Crippen LogP contribution in [0.3, 0.4) is 0 Å². The number of likely N-dealkylation sites (tertiary alicyclic amines) is 1. The Labute approximate surface area is 152 Å². The third kappa shape index (κ3) is 6.58. The first-order chi connectivity index (χ1) is 10.1. The lowest BCUT2D eigenvalue weighted by Gasteiger charge is -2.23. The van der Waals surface area contributed by atoms with Crippen LogP contribution in [0.1, 0.15) is 33.1 Å². The van der Waals surface area contributed by atoms with Crippen molar-refractivity contribution in [3.8, 4) is 0 Å². The molecule has 0 amide bonds. The van der Waals surface area contributed by atoms with Crippen LogP contribution in [-0.4, -0.2) is 64.0 Å². The van der Waals surface area contributed by atoms with Gasteiger partial charge < -0.3 is 19.7 Å². The van der Waals surface area contributed by atoms with E-state index in [0.29, 0.717) is 11.3 Å². The average Bonchev–Trinajstić information content (AvgIpc) is 3.07. The Kier molecular flexibility index (Phi) is 9.01. The van der Waals surface area contributed by atoms with E-state index >= 15 is 0 Å². The third-order valence-electron chi connectivity index (χ3n) is 4.31. The number of hydrogen-bond donors (Lipinski definition) is 1. The number of aliphatic imine (C=N–C) groups is 1. The van der Waals surface area contributed by atoms with Gasteiger partial charge in [-0.3, -0.25) is 4.99 Å². The van der Waals surface area contributed by atoms with Gasteiger partial charge in [0.25, 0.3) is 0 Å². The minimum absolute atomic E-state index is 0. The zero-order valence-electron chi connectivity index (χ0n) is 14.3. The first kappa shape index (κ1) is 20.0. The predicted molar refractivity (Wildman–Crippen MR) is 101 cm³/mol. The van der Waals surface area contributed by atoms with Crippen molar-refractivity contribution in [3.05, 3.63) is 0 Å². The molecule has 2 rings (SSSR count). The predicted octanol–water partition coefficient (Wildman–Crippen LogP) is 2.35. The maximum Gasteiger partial charge on any atom is 0.193 e. The molecule has 0 saturated carbocycles. The highest BCUT2D eigenvalue weighted by Crippen LogP contribution is 2.28. The van der Waals surface area contributed by atoms with Gasteiger partial charge in [0.1, 0.15) is 0 Å². The lowest BCUT2D eigenvalue weighted by molar-refractivity contribution is 0.0887. The lowest BCUT2D eigenvalue weighted by atomic mass is 9.93. The molecule has 0 bridgehead atoms. The van der Waals surface area contributed by atoms with Gasteiger partial charge in [0, 0.05) is 45.8 Å². The summed E-state index contributed by atoms with van der Waals surface area (Å²) in [6, 6.07) is 0. The van der Waals surface area contributed by atoms with Crippen LogP contribution in [-0.2, 0) is 9.47 Å². The van der Waals surface area contributed by atoms with Crippen LogP contribution >= 0.6 is 24.0 Å². The molecule has 2 fully saturated rings. The van der Waals surface area contributed by atoms with Crippen molar-refractivity contribution >= 4 is 29.9 Å². The summed E-state index contributed by atoms with van der Waals surface area (Å²) in [7, 11) is 1.87. The van der Waals surface area contributed by atoms with E-state index in [2.05, 4.69) is 29.1 Å². The second-order valence-electron chi connectivity index (χ2n) is 6.97. The SMILES string of the molecule is CN=C(NCCCOCC1CCOC1)N1CCC(C)(C)C1.I. The monoisotopic (exact) mass is 425 g/mol. The number of guanidine groups is 1. The summed E-state index contributed by atoms with van der Waals surface area (Å²) in [6.45, 7) is 11.2. The molecule has 5 nitrogen and oxygen atoms in total. The molecule has 0 aromatic carbocycles. The van der Waals surface area contributed by atoms with E-state index in [1.54, 1.807) is 0 Å². The first-order valence-corrected chi connectivity index (χ1v) is 8.22. The quantitative estimate of drug-likeness (QED) is 0.307. The van der Waals surface area contributed by atoms with Crippen molar-refractivity contribution in [2.45, 2.75) is 33.1 Å². The smallest absolute Gasteiger partial charge is 0.193 e. The molecule has 1 N–H and O–H groups in total. The molecular weight excluding hydrogens is 393 g/mol. The Morgan fingerprint density at radius 1 is 1.45 bits per heavy atom. The van der Waals surface area contributed by atoms with Crippen LogP contribution in [0, 0.1) is 11.3 Å². The van der Waals surface area contributed by atoms with Gasteiger partial charge in [-0.1, -0.05) is 13.8 Å². The second kappa shape index (κ2) is 9.93. The molecule has 1 unspecified atom stereocenters. The molecule has 0 aliphatic carbocycles. The summed E-state index contributed by atoms with van der Waals surface area (Å²) >= 11 is 0. The molecule has 6 heteroatoms. The van der Waals surface area contributed by atoms with Crippen molar-refractivity contribution in [1.29, 1.82) is 0 Å². The number of rotatable bonds is 6. The summed E-state index contributed by atoms with van der Waals surface area (Å²) in [5.41, 5.74) is 0.407.